The molecule has 150 valence electrons. The van der Waals surface area contributed by atoms with Crippen molar-refractivity contribution < 1.29 is 23.1 Å². The van der Waals surface area contributed by atoms with Crippen molar-refractivity contribution in [3.05, 3.63) is 35.4 Å². The van der Waals surface area contributed by atoms with Crippen LogP contribution in [0.2, 0.25) is 0 Å². The number of aromatic carboxylic acids is 1. The number of ether oxygens (including phenoxy) is 1. The van der Waals surface area contributed by atoms with Crippen molar-refractivity contribution in [3.8, 4) is 0 Å². The zero-order chi connectivity index (χ0) is 19.9. The average Bonchev–Trinajstić information content (AvgIpc) is 2.62. The van der Waals surface area contributed by atoms with E-state index in [0.29, 0.717) is 12.2 Å². The van der Waals surface area contributed by atoms with Gasteiger partial charge < -0.3 is 15.2 Å². The molecule has 7 nitrogen and oxygen atoms in total. The maximum atomic E-state index is 12.4. The van der Waals surface area contributed by atoms with Crippen LogP contribution in [0, 0.1) is 0 Å². The fraction of sp³-hybridized carbons (Fsp3) is 0.526. The standard InChI is InChI=1S/C19H28N2O5S/c1-14(13-26-2)21-27(24,25)16-8-9-18(17(12-16)19(22)23)20-11-10-15-6-4-3-5-7-15/h6,8-9,12,14,20-21H,3-5,7,10-11,13H2,1-2H3,(H,22,23)/t14-/m1/s1. The van der Waals surface area contributed by atoms with Crippen molar-refractivity contribution in [2.45, 2.75) is 50.0 Å². The Labute approximate surface area is 160 Å². The molecule has 1 aromatic carbocycles. The molecule has 0 unspecified atom stereocenters. The highest BCUT2D eigenvalue weighted by molar-refractivity contribution is 7.89. The summed E-state index contributed by atoms with van der Waals surface area (Å²) in [5, 5.41) is 12.6. The Balaban J connectivity index is 2.11. The van der Waals surface area contributed by atoms with Crippen molar-refractivity contribution >= 4 is 21.7 Å². The lowest BCUT2D eigenvalue weighted by atomic mass is 9.97. The number of hydrogen-bond acceptors (Lipinski definition) is 5. The van der Waals surface area contributed by atoms with Gasteiger partial charge in [0.15, 0.2) is 0 Å². The number of anilines is 1. The molecule has 0 saturated carbocycles. The Bertz CT molecular complexity index is 789. The Kier molecular flexibility index (Phi) is 7.82. The van der Waals surface area contributed by atoms with Crippen molar-refractivity contribution in [1.82, 2.24) is 4.72 Å². The molecule has 0 spiro atoms. The van der Waals surface area contributed by atoms with E-state index in [0.717, 1.165) is 19.3 Å². The third-order valence-corrected chi connectivity index (χ3v) is 6.04. The minimum absolute atomic E-state index is 0.0603. The van der Waals surface area contributed by atoms with Gasteiger partial charge in [0.2, 0.25) is 10.0 Å². The highest BCUT2D eigenvalue weighted by Crippen LogP contribution is 2.23. The molecule has 1 aliphatic carbocycles. The zero-order valence-corrected chi connectivity index (χ0v) is 16.6. The zero-order valence-electron chi connectivity index (χ0n) is 15.8. The van der Waals surface area contributed by atoms with Crippen LogP contribution >= 0.6 is 0 Å². The molecule has 2 rings (SSSR count). The monoisotopic (exact) mass is 396 g/mol. The van der Waals surface area contributed by atoms with Gasteiger partial charge in [-0.3, -0.25) is 0 Å². The van der Waals surface area contributed by atoms with Crippen LogP contribution in [0.1, 0.15) is 49.4 Å². The van der Waals surface area contributed by atoms with E-state index in [1.54, 1.807) is 6.92 Å². The van der Waals surface area contributed by atoms with Gasteiger partial charge in [0.1, 0.15) is 0 Å². The summed E-state index contributed by atoms with van der Waals surface area (Å²) >= 11 is 0. The predicted octanol–water partition coefficient (Wildman–Crippen LogP) is 3.00. The Morgan fingerprint density at radius 3 is 2.74 bits per heavy atom. The summed E-state index contributed by atoms with van der Waals surface area (Å²) in [7, 11) is -2.34. The van der Waals surface area contributed by atoms with Crippen LogP contribution in [0.25, 0.3) is 0 Å². The molecule has 0 fully saturated rings. The summed E-state index contributed by atoms with van der Waals surface area (Å²) in [4.78, 5) is 11.5. The highest BCUT2D eigenvalue weighted by atomic mass is 32.2. The van der Waals surface area contributed by atoms with Crippen LogP contribution < -0.4 is 10.0 Å². The largest absolute Gasteiger partial charge is 0.478 e. The van der Waals surface area contributed by atoms with Gasteiger partial charge >= 0.3 is 5.97 Å². The van der Waals surface area contributed by atoms with Crippen LogP contribution in [-0.4, -0.2) is 45.8 Å². The van der Waals surface area contributed by atoms with Gasteiger partial charge in [0, 0.05) is 25.4 Å². The van der Waals surface area contributed by atoms with Crippen molar-refractivity contribution in [1.29, 1.82) is 0 Å². The Hall–Kier alpha value is -1.90. The van der Waals surface area contributed by atoms with Crippen LogP contribution in [0.4, 0.5) is 5.69 Å². The molecule has 1 aliphatic rings. The second-order valence-electron chi connectivity index (χ2n) is 6.78. The van der Waals surface area contributed by atoms with Crippen LogP contribution in [-0.2, 0) is 14.8 Å². The summed E-state index contributed by atoms with van der Waals surface area (Å²) < 4.78 is 32.3. The van der Waals surface area contributed by atoms with Gasteiger partial charge in [-0.2, -0.15) is 0 Å². The number of carboxylic acids is 1. The van der Waals surface area contributed by atoms with Crippen LogP contribution in [0.3, 0.4) is 0 Å². The minimum atomic E-state index is -3.82. The van der Waals surface area contributed by atoms with Gasteiger partial charge in [0.05, 0.1) is 17.1 Å². The molecular formula is C19H28N2O5S. The van der Waals surface area contributed by atoms with Crippen LogP contribution in [0.15, 0.2) is 34.7 Å². The van der Waals surface area contributed by atoms with E-state index in [2.05, 4.69) is 16.1 Å². The molecule has 0 aliphatic heterocycles. The number of benzene rings is 1. The summed E-state index contributed by atoms with van der Waals surface area (Å²) in [5.41, 5.74) is 1.75. The van der Waals surface area contributed by atoms with Gasteiger partial charge in [-0.15, -0.1) is 0 Å². The Morgan fingerprint density at radius 2 is 2.11 bits per heavy atom. The molecule has 0 saturated heterocycles. The predicted molar refractivity (Wildman–Crippen MR) is 105 cm³/mol. The lowest BCUT2D eigenvalue weighted by Crippen LogP contribution is -2.35. The third-order valence-electron chi connectivity index (χ3n) is 4.45. The number of carbonyl (C=O) groups is 1. The van der Waals surface area contributed by atoms with E-state index >= 15 is 0 Å². The first-order valence-corrected chi connectivity index (χ1v) is 10.6. The summed E-state index contributed by atoms with van der Waals surface area (Å²) in [5.74, 6) is -1.17. The lowest BCUT2D eigenvalue weighted by molar-refractivity contribution is 0.0697. The normalized spacial score (nSPS) is 15.9. The third kappa shape index (κ3) is 6.34. The van der Waals surface area contributed by atoms with Crippen LogP contribution in [0.5, 0.6) is 0 Å². The highest BCUT2D eigenvalue weighted by Gasteiger charge is 2.21. The smallest absolute Gasteiger partial charge is 0.337 e. The van der Waals surface area contributed by atoms with E-state index in [9.17, 15) is 18.3 Å². The number of sulfonamides is 1. The van der Waals surface area contributed by atoms with E-state index in [1.807, 2.05) is 0 Å². The number of allylic oxidation sites excluding steroid dienone is 1. The molecule has 8 heteroatoms. The quantitative estimate of drug-likeness (QED) is 0.525. The fourth-order valence-electron chi connectivity index (χ4n) is 3.13. The second kappa shape index (κ2) is 9.87. The molecule has 0 aromatic heterocycles. The maximum Gasteiger partial charge on any atom is 0.337 e. The number of carboxylic acid groups (broad SMARTS) is 1. The van der Waals surface area contributed by atoms with E-state index in [4.69, 9.17) is 4.74 Å². The second-order valence-corrected chi connectivity index (χ2v) is 8.49. The molecular weight excluding hydrogens is 368 g/mol. The lowest BCUT2D eigenvalue weighted by Gasteiger charge is -2.16. The van der Waals surface area contributed by atoms with E-state index in [1.165, 1.54) is 43.7 Å². The Morgan fingerprint density at radius 1 is 1.33 bits per heavy atom. The summed E-state index contributed by atoms with van der Waals surface area (Å²) in [6, 6.07) is 3.69. The first-order chi connectivity index (χ1) is 12.8. The number of hydrogen-bond donors (Lipinski definition) is 3. The number of rotatable bonds is 10. The molecule has 0 radical (unpaired) electrons. The van der Waals surface area contributed by atoms with Crippen molar-refractivity contribution in [2.24, 2.45) is 0 Å². The van der Waals surface area contributed by atoms with Gasteiger partial charge in [0.25, 0.3) is 0 Å². The summed E-state index contributed by atoms with van der Waals surface area (Å²) in [6.45, 7) is 2.51. The minimum Gasteiger partial charge on any atom is -0.478 e. The molecule has 27 heavy (non-hydrogen) atoms. The van der Waals surface area contributed by atoms with Gasteiger partial charge in [-0.1, -0.05) is 11.6 Å². The first kappa shape index (κ1) is 21.4. The van der Waals surface area contributed by atoms with E-state index < -0.39 is 22.0 Å². The molecule has 0 bridgehead atoms. The molecule has 0 heterocycles. The molecule has 0 amide bonds. The number of nitrogens with one attached hydrogen (secondary N) is 2. The topological polar surface area (TPSA) is 105 Å². The molecule has 1 atom stereocenters. The number of methoxy groups -OCH3 is 1. The van der Waals surface area contributed by atoms with Crippen molar-refractivity contribution in [3.63, 3.8) is 0 Å². The van der Waals surface area contributed by atoms with E-state index in [-0.39, 0.29) is 17.1 Å². The average molecular weight is 397 g/mol. The fourth-order valence-corrected chi connectivity index (χ4v) is 4.38. The first-order valence-electron chi connectivity index (χ1n) is 9.14. The SMILES string of the molecule is COC[C@@H](C)NS(=O)(=O)c1ccc(NCCC2=CCCCC2)c(C(=O)O)c1. The maximum absolute atomic E-state index is 12.4. The van der Waals surface area contributed by atoms with Crippen molar-refractivity contribution in [2.75, 3.05) is 25.6 Å². The molecule has 1 aromatic rings. The van der Waals surface area contributed by atoms with Gasteiger partial charge in [-0.25, -0.2) is 17.9 Å². The summed E-state index contributed by atoms with van der Waals surface area (Å²) in [6.07, 6.45) is 7.74. The van der Waals surface area contributed by atoms with Gasteiger partial charge in [-0.05, 0) is 57.2 Å². The molecule has 3 N–H and O–H groups in total.